The summed E-state index contributed by atoms with van der Waals surface area (Å²) in [6.07, 6.45) is 1.69. The van der Waals surface area contributed by atoms with Crippen LogP contribution in [0.3, 0.4) is 0 Å². The Morgan fingerprint density at radius 3 is 2.70 bits per heavy atom. The molecule has 0 aliphatic carbocycles. The lowest BCUT2D eigenvalue weighted by atomic mass is 10.2. The molecule has 0 saturated carbocycles. The van der Waals surface area contributed by atoms with Crippen LogP contribution in [0.5, 0.6) is 0 Å². The molecular weight excluding hydrogens is 386 g/mol. The third-order valence-corrected chi connectivity index (χ3v) is 6.30. The lowest BCUT2D eigenvalue weighted by Crippen LogP contribution is -2.72. The van der Waals surface area contributed by atoms with Gasteiger partial charge in [0.25, 0.3) is 5.84 Å². The van der Waals surface area contributed by atoms with Gasteiger partial charge in [-0.25, -0.2) is 0 Å². The molecule has 1 aliphatic heterocycles. The monoisotopic (exact) mass is 406 g/mol. The van der Waals surface area contributed by atoms with E-state index in [2.05, 4.69) is 15.0 Å². The number of benzene rings is 1. The van der Waals surface area contributed by atoms with Crippen LogP contribution in [0.1, 0.15) is 35.4 Å². The molecule has 1 aromatic heterocycles. The van der Waals surface area contributed by atoms with Crippen LogP contribution in [0.2, 0.25) is 0 Å². The molecule has 0 radical (unpaired) electrons. The number of Topliss-reactive ketones (excluding diaryl/α,β-unsaturated/α-hetero) is 1. The number of carbonyl (C=O) groups excluding carboxylic acids is 2. The minimum Gasteiger partial charge on any atom is -0.326 e. The van der Waals surface area contributed by atoms with E-state index in [-0.39, 0.29) is 29.4 Å². The Morgan fingerprint density at radius 2 is 2.00 bits per heavy atom. The summed E-state index contributed by atoms with van der Waals surface area (Å²) >= 11 is 1.34. The van der Waals surface area contributed by atoms with Gasteiger partial charge in [-0.1, -0.05) is 12.1 Å². The van der Waals surface area contributed by atoms with Gasteiger partial charge in [-0.2, -0.15) is 13.1 Å². The highest BCUT2D eigenvalue weighted by molar-refractivity contribution is 7.90. The fourth-order valence-corrected chi connectivity index (χ4v) is 4.50. The highest BCUT2D eigenvalue weighted by Gasteiger charge is 2.24. The number of hydrogen-bond donors (Lipinski definition) is 3. The second kappa shape index (κ2) is 8.45. The van der Waals surface area contributed by atoms with Crippen molar-refractivity contribution in [1.82, 2.24) is 4.72 Å². The van der Waals surface area contributed by atoms with Crippen LogP contribution in [0.25, 0.3) is 0 Å². The van der Waals surface area contributed by atoms with Gasteiger partial charge in [0, 0.05) is 18.5 Å². The maximum Gasteiger partial charge on any atom is 0.328 e. The number of amides is 1. The number of sulfonamides is 1. The standard InChI is InChI=1S/C18H19N3O4S2/c22-15(16-6-3-11-26-16)8-9-18(23)20-13-4-1-5-14(12-13)27(24,25)21-17-7-2-10-19-17/h1,3-6,11-12H,2,7-10H2,(H,19,21)(H,20,23)/p+1. The van der Waals surface area contributed by atoms with Gasteiger partial charge in [0.2, 0.25) is 5.91 Å². The van der Waals surface area contributed by atoms with Gasteiger partial charge in [-0.3, -0.25) is 14.6 Å². The number of thiophene rings is 1. The molecule has 142 valence electrons. The third kappa shape index (κ3) is 5.24. The van der Waals surface area contributed by atoms with E-state index in [1.54, 1.807) is 24.3 Å². The average molecular weight is 407 g/mol. The van der Waals surface area contributed by atoms with Gasteiger partial charge >= 0.3 is 10.0 Å². The molecule has 0 atom stereocenters. The average Bonchev–Trinajstić information content (AvgIpc) is 3.33. The molecule has 3 N–H and O–H groups in total. The van der Waals surface area contributed by atoms with Crippen LogP contribution >= 0.6 is 11.3 Å². The quantitative estimate of drug-likeness (QED) is 0.594. The van der Waals surface area contributed by atoms with E-state index >= 15 is 0 Å². The largest absolute Gasteiger partial charge is 0.328 e. The van der Waals surface area contributed by atoms with E-state index in [4.69, 9.17) is 0 Å². The maximum atomic E-state index is 12.4. The number of anilines is 1. The fourth-order valence-electron chi connectivity index (χ4n) is 2.65. The molecule has 1 aromatic carbocycles. The third-order valence-electron chi connectivity index (χ3n) is 4.00. The minimum atomic E-state index is -3.71. The van der Waals surface area contributed by atoms with Crippen LogP contribution in [-0.4, -0.2) is 32.5 Å². The summed E-state index contributed by atoms with van der Waals surface area (Å²) in [6, 6.07) is 9.55. The SMILES string of the molecule is O=C(CCC(=O)c1cccs1)Nc1cccc(S(=O)(=O)NC2=[NH+]CCC2)c1. The van der Waals surface area contributed by atoms with E-state index in [1.807, 2.05) is 5.38 Å². The minimum absolute atomic E-state index is 0.0355. The zero-order valence-corrected chi connectivity index (χ0v) is 16.2. The lowest BCUT2D eigenvalue weighted by molar-refractivity contribution is -0.448. The first-order valence-electron chi connectivity index (χ1n) is 8.53. The first-order valence-corrected chi connectivity index (χ1v) is 10.9. The zero-order chi connectivity index (χ0) is 19.3. The number of carbonyl (C=O) groups is 2. The molecule has 2 aromatic rings. The Morgan fingerprint density at radius 1 is 1.15 bits per heavy atom. The van der Waals surface area contributed by atoms with Crippen molar-refractivity contribution in [3.05, 3.63) is 46.7 Å². The predicted molar refractivity (Wildman–Crippen MR) is 103 cm³/mol. The van der Waals surface area contributed by atoms with Gasteiger partial charge < -0.3 is 5.32 Å². The Kier molecular flexibility index (Phi) is 6.02. The van der Waals surface area contributed by atoms with Crippen molar-refractivity contribution in [3.8, 4) is 0 Å². The van der Waals surface area contributed by atoms with Crippen LogP contribution in [0.4, 0.5) is 5.69 Å². The van der Waals surface area contributed by atoms with Gasteiger partial charge in [0.15, 0.2) is 5.78 Å². The summed E-state index contributed by atoms with van der Waals surface area (Å²) in [5.74, 6) is 0.160. The number of ketones is 1. The Hall–Kier alpha value is -2.52. The summed E-state index contributed by atoms with van der Waals surface area (Å²) in [5.41, 5.74) is 0.371. The highest BCUT2D eigenvalue weighted by Crippen LogP contribution is 2.17. The molecule has 7 nitrogen and oxygen atoms in total. The van der Waals surface area contributed by atoms with Crippen molar-refractivity contribution >= 4 is 44.6 Å². The Bertz CT molecular complexity index is 966. The molecular formula is C18H20N3O4S2+. The highest BCUT2D eigenvalue weighted by atomic mass is 32.2. The first kappa shape index (κ1) is 19.2. The number of rotatable bonds is 7. The van der Waals surface area contributed by atoms with Gasteiger partial charge in [-0.15, -0.1) is 11.3 Å². The molecule has 9 heteroatoms. The van der Waals surface area contributed by atoms with E-state index in [1.165, 1.54) is 23.5 Å². The summed E-state index contributed by atoms with van der Waals surface area (Å²) in [5, 5.41) is 4.46. The smallest absolute Gasteiger partial charge is 0.326 e. The molecule has 0 bridgehead atoms. The van der Waals surface area contributed by atoms with Gasteiger partial charge in [0.1, 0.15) is 4.90 Å². The second-order valence-electron chi connectivity index (χ2n) is 6.09. The second-order valence-corrected chi connectivity index (χ2v) is 8.72. The molecule has 1 amide bonds. The van der Waals surface area contributed by atoms with Gasteiger partial charge in [-0.05, 0) is 36.1 Å². The Labute approximate surface area is 161 Å². The zero-order valence-electron chi connectivity index (χ0n) is 14.5. The number of amidine groups is 1. The van der Waals surface area contributed by atoms with Crippen LogP contribution in [0.15, 0.2) is 46.7 Å². The Balaban J connectivity index is 1.59. The topological polar surface area (TPSA) is 106 Å². The molecule has 3 rings (SSSR count). The maximum absolute atomic E-state index is 12.4. The van der Waals surface area contributed by atoms with Crippen LogP contribution < -0.4 is 15.0 Å². The molecule has 0 spiro atoms. The normalized spacial score (nSPS) is 13.9. The fraction of sp³-hybridized carbons (Fsp3) is 0.278. The van der Waals surface area contributed by atoms with E-state index in [9.17, 15) is 18.0 Å². The molecule has 0 unspecified atom stereocenters. The van der Waals surface area contributed by atoms with Crippen molar-refractivity contribution in [3.63, 3.8) is 0 Å². The first-order chi connectivity index (χ1) is 12.9. The number of nitrogens with one attached hydrogen (secondary N) is 3. The summed E-state index contributed by atoms with van der Waals surface area (Å²) in [7, 11) is -3.71. The molecule has 1 aliphatic rings. The van der Waals surface area contributed by atoms with Crippen molar-refractivity contribution in [2.45, 2.75) is 30.6 Å². The van der Waals surface area contributed by atoms with Gasteiger partial charge in [0.05, 0.1) is 17.8 Å². The summed E-state index contributed by atoms with van der Waals surface area (Å²) in [4.78, 5) is 27.7. The lowest BCUT2D eigenvalue weighted by Gasteiger charge is -2.07. The van der Waals surface area contributed by atoms with Crippen molar-refractivity contribution in [2.24, 2.45) is 0 Å². The molecule has 0 fully saturated rings. The molecule has 27 heavy (non-hydrogen) atoms. The van der Waals surface area contributed by atoms with E-state index < -0.39 is 10.0 Å². The van der Waals surface area contributed by atoms with Crippen molar-refractivity contribution in [1.29, 1.82) is 0 Å². The summed E-state index contributed by atoms with van der Waals surface area (Å²) in [6.45, 7) is 0.748. The van der Waals surface area contributed by atoms with Crippen LogP contribution in [0, 0.1) is 0 Å². The van der Waals surface area contributed by atoms with Crippen molar-refractivity contribution in [2.75, 3.05) is 11.9 Å². The van der Waals surface area contributed by atoms with Crippen molar-refractivity contribution < 1.29 is 23.0 Å². The predicted octanol–water partition coefficient (Wildman–Crippen LogP) is 0.901. The molecule has 0 saturated heterocycles. The van der Waals surface area contributed by atoms with E-state index in [0.717, 1.165) is 13.0 Å². The van der Waals surface area contributed by atoms with E-state index in [0.29, 0.717) is 22.8 Å². The molecule has 2 heterocycles. The van der Waals surface area contributed by atoms with Crippen LogP contribution in [-0.2, 0) is 14.8 Å². The number of hydrogen-bond acceptors (Lipinski definition) is 5. The summed E-state index contributed by atoms with van der Waals surface area (Å²) < 4.78 is 27.4.